The molecule has 4 aliphatic heterocycles. The van der Waals surface area contributed by atoms with Gasteiger partial charge < -0.3 is 124 Å². The van der Waals surface area contributed by atoms with E-state index >= 15 is 0 Å². The van der Waals surface area contributed by atoms with E-state index in [9.17, 15) is 81.1 Å². The summed E-state index contributed by atoms with van der Waals surface area (Å²) in [5.41, 5.74) is 0. The van der Waals surface area contributed by atoms with Crippen molar-refractivity contribution in [2.75, 3.05) is 34.0 Å². The molecule has 26 atom stereocenters. The molecule has 4 saturated heterocycles. The molecule has 0 aromatic heterocycles. The SMILES string of the molecule is COC1CC(C=CC(=O)OC2C(OC3C(OC4CC5C(OC6OC(CO)C(O)C(O)C6O)CC(O)CC5[OH+]C4C4CCC(O)C(O)C4)OC(COC(=O)C=CC4CCC(O)CC4)C(O)C3O)OC(CO)C(O)C2O)CC(OC)C1O. The van der Waals surface area contributed by atoms with Crippen LogP contribution >= 0.6 is 0 Å². The zero-order chi connectivity index (χ0) is 57.7. The number of rotatable bonds is 18. The van der Waals surface area contributed by atoms with Crippen LogP contribution in [0, 0.1) is 23.7 Å². The Morgan fingerprint density at radius 2 is 1.07 bits per heavy atom. The Morgan fingerprint density at radius 1 is 0.500 bits per heavy atom. The first-order valence-corrected chi connectivity index (χ1v) is 28.0. The highest BCUT2D eigenvalue weighted by atomic mass is 16.8. The first kappa shape index (κ1) is 63.5. The van der Waals surface area contributed by atoms with E-state index in [0.29, 0.717) is 44.9 Å². The topological polar surface area (TPSA) is 422 Å². The maximum absolute atomic E-state index is 13.6. The average Bonchev–Trinajstić information content (AvgIpc) is 3.50. The number of esters is 2. The summed E-state index contributed by atoms with van der Waals surface area (Å²) < 4.78 is 64.8. The third-order valence-corrected chi connectivity index (χ3v) is 17.6. The minimum atomic E-state index is -2.03. The van der Waals surface area contributed by atoms with Gasteiger partial charge in [0.05, 0.1) is 61.9 Å². The van der Waals surface area contributed by atoms with Crippen LogP contribution in [0.3, 0.4) is 0 Å². The minimum absolute atomic E-state index is 0.00184. The van der Waals surface area contributed by atoms with Gasteiger partial charge in [0, 0.05) is 45.1 Å². The third kappa shape index (κ3) is 14.9. The summed E-state index contributed by atoms with van der Waals surface area (Å²) >= 11 is 0. The maximum Gasteiger partial charge on any atom is 0.330 e. The summed E-state index contributed by atoms with van der Waals surface area (Å²) in [6.45, 7) is -2.28. The number of carbonyl (C=O) groups is 2. The molecule has 8 aliphatic rings. The van der Waals surface area contributed by atoms with E-state index in [-0.39, 0.29) is 43.9 Å². The molecule has 27 nitrogen and oxygen atoms in total. The Bertz CT molecular complexity index is 2000. The Hall–Kier alpha value is -2.50. The summed E-state index contributed by atoms with van der Waals surface area (Å²) in [6.07, 6.45) is -27.0. The van der Waals surface area contributed by atoms with E-state index < -0.39 is 203 Å². The van der Waals surface area contributed by atoms with Gasteiger partial charge in [-0.1, -0.05) is 12.2 Å². The van der Waals surface area contributed by atoms with Crippen LogP contribution in [0.4, 0.5) is 0 Å². The number of methoxy groups -OCH3 is 2. The lowest BCUT2D eigenvalue weighted by molar-refractivity contribution is -0.390. The van der Waals surface area contributed by atoms with E-state index in [1.807, 2.05) is 0 Å². The first-order chi connectivity index (χ1) is 38.2. The van der Waals surface area contributed by atoms with E-state index in [4.69, 9.17) is 52.1 Å². The summed E-state index contributed by atoms with van der Waals surface area (Å²) in [5.74, 6) is -3.39. The summed E-state index contributed by atoms with van der Waals surface area (Å²) in [6, 6.07) is 0. The molecule has 8 fully saturated rings. The molecule has 0 amide bonds. The van der Waals surface area contributed by atoms with E-state index in [2.05, 4.69) is 0 Å². The summed E-state index contributed by atoms with van der Waals surface area (Å²) in [5, 5.41) is 152. The Labute approximate surface area is 462 Å². The summed E-state index contributed by atoms with van der Waals surface area (Å²) in [7, 11) is 2.85. The zero-order valence-electron chi connectivity index (χ0n) is 44.8. The molecule has 8 rings (SSSR count). The van der Waals surface area contributed by atoms with Gasteiger partial charge in [-0.15, -0.1) is 0 Å². The fraction of sp³-hybridized carbons (Fsp3) is 0.887. The van der Waals surface area contributed by atoms with Crippen LogP contribution in [0.25, 0.3) is 0 Å². The summed E-state index contributed by atoms with van der Waals surface area (Å²) in [4.78, 5) is 26.8. The molecule has 15 N–H and O–H groups in total. The molecule has 26 unspecified atom stereocenters. The van der Waals surface area contributed by atoms with Crippen LogP contribution in [-0.2, 0) is 57.0 Å². The van der Waals surface area contributed by atoms with Crippen LogP contribution in [0.2, 0.25) is 0 Å². The number of ether oxygens (including phenoxy) is 11. The van der Waals surface area contributed by atoms with Crippen molar-refractivity contribution in [2.24, 2.45) is 23.7 Å². The highest BCUT2D eigenvalue weighted by Gasteiger charge is 2.58. The van der Waals surface area contributed by atoms with Crippen molar-refractivity contribution in [2.45, 2.75) is 236 Å². The van der Waals surface area contributed by atoms with Crippen molar-refractivity contribution >= 4 is 11.9 Å². The van der Waals surface area contributed by atoms with Crippen LogP contribution < -0.4 is 0 Å². The lowest BCUT2D eigenvalue weighted by Gasteiger charge is -2.51. The van der Waals surface area contributed by atoms with Gasteiger partial charge in [-0.2, -0.15) is 0 Å². The number of fused-ring (bicyclic) bond motifs is 1. The van der Waals surface area contributed by atoms with Crippen molar-refractivity contribution in [1.82, 2.24) is 0 Å². The molecule has 4 heterocycles. The number of hydrogen-bond donors (Lipinski definition) is 14. The van der Waals surface area contributed by atoms with Gasteiger partial charge in [0.1, 0.15) is 86.0 Å². The van der Waals surface area contributed by atoms with E-state index in [1.165, 1.54) is 26.4 Å². The largest absolute Gasteiger partial charge is 0.460 e. The minimum Gasteiger partial charge on any atom is -0.460 e. The van der Waals surface area contributed by atoms with Gasteiger partial charge in [0.25, 0.3) is 0 Å². The van der Waals surface area contributed by atoms with Crippen LogP contribution in [0.15, 0.2) is 24.3 Å². The lowest BCUT2D eigenvalue weighted by atomic mass is 9.72. The van der Waals surface area contributed by atoms with Gasteiger partial charge in [0.2, 0.25) is 0 Å². The number of aliphatic hydroxyl groups excluding tert-OH is 14. The first-order valence-electron chi connectivity index (χ1n) is 28.0. The normalized spacial score (nSPS) is 48.6. The second-order valence-corrected chi connectivity index (χ2v) is 22.9. The van der Waals surface area contributed by atoms with Crippen molar-refractivity contribution in [3.63, 3.8) is 0 Å². The molecule has 4 aliphatic carbocycles. The zero-order valence-corrected chi connectivity index (χ0v) is 44.8. The highest BCUT2D eigenvalue weighted by Crippen LogP contribution is 2.45. The Morgan fingerprint density at radius 3 is 1.73 bits per heavy atom. The molecule has 0 bridgehead atoms. The highest BCUT2D eigenvalue weighted by molar-refractivity contribution is 5.82. The molecular weight excluding hydrogens is 1070 g/mol. The molecule has 80 heavy (non-hydrogen) atoms. The number of allylic oxidation sites excluding steroid dienone is 2. The predicted octanol–water partition coefficient (Wildman–Crippen LogP) is -5.29. The van der Waals surface area contributed by atoms with Crippen LogP contribution in [-0.4, -0.2) is 281 Å². The molecule has 4 saturated carbocycles. The Balaban J connectivity index is 1.08. The molecule has 27 heteroatoms. The second kappa shape index (κ2) is 28.6. The predicted molar refractivity (Wildman–Crippen MR) is 267 cm³/mol. The van der Waals surface area contributed by atoms with Crippen molar-refractivity contribution in [3.8, 4) is 0 Å². The number of aliphatic hydroxyl groups is 16. The fourth-order valence-electron chi connectivity index (χ4n) is 12.9. The average molecular weight is 1150 g/mol. The third-order valence-electron chi connectivity index (χ3n) is 17.6. The van der Waals surface area contributed by atoms with Gasteiger partial charge in [-0.25, -0.2) is 9.59 Å². The van der Waals surface area contributed by atoms with Crippen molar-refractivity contribution in [3.05, 3.63) is 24.3 Å². The van der Waals surface area contributed by atoms with E-state index in [1.54, 1.807) is 6.08 Å². The molecular formula is C53H85O27+. The molecule has 0 aromatic rings. The van der Waals surface area contributed by atoms with Gasteiger partial charge in [-0.3, -0.25) is 0 Å². The van der Waals surface area contributed by atoms with Crippen molar-refractivity contribution < 1.29 is 133 Å². The fourth-order valence-corrected chi connectivity index (χ4v) is 12.9. The molecule has 458 valence electrons. The number of carbonyl (C=O) groups excluding carboxylic acids is 2. The van der Waals surface area contributed by atoms with Gasteiger partial charge in [-0.05, 0) is 76.0 Å². The molecule has 0 radical (unpaired) electrons. The maximum atomic E-state index is 13.6. The standard InChI is InChI=1S/C53H84O27/c1-70-32-13-23(14-33(71-2)40(32)62)6-12-39(61)79-49-45(67)42(64)36(20-55)77-53(49)80-50-46(68)43(65)37(21-72-38(60)11-5-22-3-8-25(56)9-4-22)78-52(50)75-34-18-27-30(73-48(34)24-7-10-28(58)29(59)15-24)16-26(57)17-31(27)74-51-47(69)44(66)41(63)35(19-54)76-51/h5-6,11-12,22-37,40-59,62-69H,3-4,7-10,13-21H2,1-2H3/p+1. The lowest BCUT2D eigenvalue weighted by Crippen LogP contribution is -2.66. The van der Waals surface area contributed by atoms with Crippen LogP contribution in [0.1, 0.15) is 77.0 Å². The smallest absolute Gasteiger partial charge is 0.330 e. The van der Waals surface area contributed by atoms with Gasteiger partial charge >= 0.3 is 11.9 Å². The quantitative estimate of drug-likeness (QED) is 0.0346. The monoisotopic (exact) mass is 1150 g/mol. The molecule has 0 aromatic carbocycles. The number of hydrogen-bond acceptors (Lipinski definition) is 26. The second-order valence-electron chi connectivity index (χ2n) is 22.9. The van der Waals surface area contributed by atoms with Gasteiger partial charge in [0.15, 0.2) is 37.2 Å². The molecule has 0 spiro atoms. The van der Waals surface area contributed by atoms with Crippen molar-refractivity contribution in [1.29, 1.82) is 0 Å². The van der Waals surface area contributed by atoms with E-state index in [0.717, 1.165) is 6.08 Å². The van der Waals surface area contributed by atoms with Crippen LogP contribution in [0.5, 0.6) is 0 Å². The Kier molecular flexibility index (Phi) is 22.7.